The molecule has 0 unspecified atom stereocenters. The minimum Gasteiger partial charge on any atom is -0.462 e. The molecule has 1 aromatic rings. The van der Waals surface area contributed by atoms with Crippen molar-refractivity contribution in [3.63, 3.8) is 0 Å². The van der Waals surface area contributed by atoms with E-state index in [0.29, 0.717) is 10.6 Å². The highest BCUT2D eigenvalue weighted by Crippen LogP contribution is 2.33. The van der Waals surface area contributed by atoms with Crippen molar-refractivity contribution in [1.82, 2.24) is 10.0 Å². The molecule has 1 aliphatic rings. The standard InChI is InChI=1S/C12H11F3N2O3/c1-2-20-11(18)8-5-7-3-4-17(19)6-9(7)16-10(8)12(13,14)15/h3-5,19H,2,6H2,1H3. The summed E-state index contributed by atoms with van der Waals surface area (Å²) in [6.07, 6.45) is -2.14. The summed E-state index contributed by atoms with van der Waals surface area (Å²) in [5.74, 6) is -1.07. The smallest absolute Gasteiger partial charge is 0.434 e. The van der Waals surface area contributed by atoms with Gasteiger partial charge in [-0.15, -0.1) is 0 Å². The third-order valence-electron chi connectivity index (χ3n) is 2.64. The van der Waals surface area contributed by atoms with Crippen LogP contribution in [-0.2, 0) is 17.5 Å². The quantitative estimate of drug-likeness (QED) is 0.847. The number of rotatable bonds is 2. The van der Waals surface area contributed by atoms with Gasteiger partial charge < -0.3 is 4.74 Å². The number of hydrogen-bond acceptors (Lipinski definition) is 5. The summed E-state index contributed by atoms with van der Waals surface area (Å²) in [5, 5.41) is 9.95. The molecule has 2 rings (SSSR count). The molecular weight excluding hydrogens is 277 g/mol. The van der Waals surface area contributed by atoms with Crippen LogP contribution in [0.5, 0.6) is 0 Å². The summed E-state index contributed by atoms with van der Waals surface area (Å²) in [4.78, 5) is 15.1. The maximum Gasteiger partial charge on any atom is 0.434 e. The van der Waals surface area contributed by atoms with Crippen molar-refractivity contribution in [2.24, 2.45) is 0 Å². The number of esters is 1. The number of ether oxygens (including phenoxy) is 1. The maximum atomic E-state index is 13.0. The topological polar surface area (TPSA) is 62.7 Å². The summed E-state index contributed by atoms with van der Waals surface area (Å²) in [6.45, 7) is 1.28. The molecule has 0 fully saturated rings. The molecule has 0 bridgehead atoms. The highest BCUT2D eigenvalue weighted by Gasteiger charge is 2.39. The Morgan fingerprint density at radius 3 is 2.85 bits per heavy atom. The Bertz CT molecular complexity index is 570. The highest BCUT2D eigenvalue weighted by atomic mass is 19.4. The van der Waals surface area contributed by atoms with Crippen molar-refractivity contribution >= 4 is 12.0 Å². The number of carbonyl (C=O) groups excluding carboxylic acids is 1. The Balaban J connectivity index is 2.56. The fraction of sp³-hybridized carbons (Fsp3) is 0.333. The largest absolute Gasteiger partial charge is 0.462 e. The predicted octanol–water partition coefficient (Wildman–Crippen LogP) is 2.45. The molecule has 1 aliphatic heterocycles. The number of fused-ring (bicyclic) bond motifs is 1. The number of halogens is 3. The zero-order valence-electron chi connectivity index (χ0n) is 10.4. The van der Waals surface area contributed by atoms with E-state index in [2.05, 4.69) is 9.72 Å². The average Bonchev–Trinajstić information content (AvgIpc) is 2.36. The lowest BCUT2D eigenvalue weighted by Crippen LogP contribution is -2.23. The molecule has 0 amide bonds. The fourth-order valence-electron chi connectivity index (χ4n) is 1.79. The third kappa shape index (κ3) is 2.74. The van der Waals surface area contributed by atoms with Crippen LogP contribution < -0.4 is 0 Å². The van der Waals surface area contributed by atoms with E-state index in [1.54, 1.807) is 0 Å². The zero-order chi connectivity index (χ0) is 14.9. The van der Waals surface area contributed by atoms with Crippen LogP contribution in [0, 0.1) is 0 Å². The van der Waals surface area contributed by atoms with Crippen LogP contribution in [0.25, 0.3) is 6.08 Å². The van der Waals surface area contributed by atoms with E-state index in [0.717, 1.165) is 6.07 Å². The van der Waals surface area contributed by atoms with Crippen molar-refractivity contribution in [3.05, 3.63) is 34.8 Å². The lowest BCUT2D eigenvalue weighted by molar-refractivity contribution is -0.142. The number of pyridine rings is 1. The number of nitrogens with zero attached hydrogens (tertiary/aromatic N) is 2. The molecule has 0 atom stereocenters. The molecule has 0 saturated heterocycles. The molecule has 5 nitrogen and oxygen atoms in total. The van der Waals surface area contributed by atoms with Crippen LogP contribution in [0.15, 0.2) is 12.3 Å². The minimum atomic E-state index is -4.78. The number of hydroxylamine groups is 2. The van der Waals surface area contributed by atoms with Crippen LogP contribution in [-0.4, -0.2) is 27.8 Å². The van der Waals surface area contributed by atoms with Gasteiger partial charge in [0.2, 0.25) is 0 Å². The Kier molecular flexibility index (Phi) is 3.67. The lowest BCUT2D eigenvalue weighted by Gasteiger charge is -2.20. The van der Waals surface area contributed by atoms with Crippen LogP contribution in [0.2, 0.25) is 0 Å². The van der Waals surface area contributed by atoms with Gasteiger partial charge >= 0.3 is 12.1 Å². The van der Waals surface area contributed by atoms with Gasteiger partial charge in [-0.2, -0.15) is 13.2 Å². The SMILES string of the molecule is CCOC(=O)c1cc2c(nc1C(F)(F)F)CN(O)C=C2. The van der Waals surface area contributed by atoms with E-state index in [1.807, 2.05) is 0 Å². The summed E-state index contributed by atoms with van der Waals surface area (Å²) in [7, 11) is 0. The molecule has 108 valence electrons. The molecule has 20 heavy (non-hydrogen) atoms. The van der Waals surface area contributed by atoms with E-state index in [9.17, 15) is 23.2 Å². The van der Waals surface area contributed by atoms with Crippen molar-refractivity contribution < 1.29 is 27.9 Å². The second-order valence-electron chi connectivity index (χ2n) is 4.05. The van der Waals surface area contributed by atoms with Gasteiger partial charge in [0, 0.05) is 11.8 Å². The van der Waals surface area contributed by atoms with Gasteiger partial charge in [0.1, 0.15) is 0 Å². The monoisotopic (exact) mass is 288 g/mol. The van der Waals surface area contributed by atoms with Crippen molar-refractivity contribution in [2.75, 3.05) is 6.61 Å². The van der Waals surface area contributed by atoms with Gasteiger partial charge in [-0.3, -0.25) is 10.3 Å². The number of carbonyl (C=O) groups is 1. The first-order valence-corrected chi connectivity index (χ1v) is 5.75. The van der Waals surface area contributed by atoms with E-state index >= 15 is 0 Å². The van der Waals surface area contributed by atoms with Gasteiger partial charge in [-0.1, -0.05) is 0 Å². The van der Waals surface area contributed by atoms with E-state index in [4.69, 9.17) is 0 Å². The van der Waals surface area contributed by atoms with Crippen LogP contribution in [0.3, 0.4) is 0 Å². The van der Waals surface area contributed by atoms with Gasteiger partial charge in [-0.05, 0) is 19.1 Å². The van der Waals surface area contributed by atoms with Crippen LogP contribution >= 0.6 is 0 Å². The molecule has 0 spiro atoms. The number of aromatic nitrogens is 1. The molecule has 0 radical (unpaired) electrons. The number of hydrogen-bond donors (Lipinski definition) is 1. The zero-order valence-corrected chi connectivity index (χ0v) is 10.4. The molecule has 1 aromatic heterocycles. The van der Waals surface area contributed by atoms with E-state index in [-0.39, 0.29) is 18.8 Å². The second-order valence-corrected chi connectivity index (χ2v) is 4.05. The number of alkyl halides is 3. The van der Waals surface area contributed by atoms with Crippen molar-refractivity contribution in [2.45, 2.75) is 19.6 Å². The van der Waals surface area contributed by atoms with E-state index in [1.165, 1.54) is 19.2 Å². The molecule has 0 saturated carbocycles. The third-order valence-corrected chi connectivity index (χ3v) is 2.64. The summed E-state index contributed by atoms with van der Waals surface area (Å²) >= 11 is 0. The van der Waals surface area contributed by atoms with Crippen LogP contribution in [0.4, 0.5) is 13.2 Å². The first-order valence-electron chi connectivity index (χ1n) is 5.75. The highest BCUT2D eigenvalue weighted by molar-refractivity contribution is 5.91. The van der Waals surface area contributed by atoms with Gasteiger partial charge in [0.05, 0.1) is 24.4 Å². The predicted molar refractivity (Wildman–Crippen MR) is 61.6 cm³/mol. The van der Waals surface area contributed by atoms with Crippen molar-refractivity contribution in [1.29, 1.82) is 0 Å². The molecule has 1 N–H and O–H groups in total. The first-order chi connectivity index (χ1) is 9.32. The molecule has 0 aromatic carbocycles. The fourth-order valence-corrected chi connectivity index (χ4v) is 1.79. The maximum absolute atomic E-state index is 13.0. The Hall–Kier alpha value is -2.09. The summed E-state index contributed by atoms with van der Waals surface area (Å²) in [5.41, 5.74) is -1.56. The Labute approximate surface area is 112 Å². The summed E-state index contributed by atoms with van der Waals surface area (Å²) < 4.78 is 43.5. The minimum absolute atomic E-state index is 0.0343. The molecule has 2 heterocycles. The van der Waals surface area contributed by atoms with Gasteiger partial charge in [0.25, 0.3) is 0 Å². The summed E-state index contributed by atoms with van der Waals surface area (Å²) in [6, 6.07) is 1.08. The molecular formula is C12H11F3N2O3. The van der Waals surface area contributed by atoms with Gasteiger partial charge in [0.15, 0.2) is 5.69 Å². The molecule has 8 heteroatoms. The first kappa shape index (κ1) is 14.3. The lowest BCUT2D eigenvalue weighted by atomic mass is 10.0. The normalized spacial score (nSPS) is 14.2. The van der Waals surface area contributed by atoms with E-state index < -0.39 is 23.4 Å². The van der Waals surface area contributed by atoms with Crippen LogP contribution in [0.1, 0.15) is 34.2 Å². The average molecular weight is 288 g/mol. The Morgan fingerprint density at radius 2 is 2.25 bits per heavy atom. The van der Waals surface area contributed by atoms with Gasteiger partial charge in [-0.25, -0.2) is 9.78 Å². The van der Waals surface area contributed by atoms with Crippen molar-refractivity contribution in [3.8, 4) is 0 Å². The molecule has 0 aliphatic carbocycles. The Morgan fingerprint density at radius 1 is 1.55 bits per heavy atom. The second kappa shape index (κ2) is 5.12.